The molecule has 1 aromatic carbocycles. The van der Waals surface area contributed by atoms with Crippen molar-refractivity contribution in [3.63, 3.8) is 0 Å². The molecule has 0 radical (unpaired) electrons. The molecule has 0 saturated heterocycles. The second-order valence-electron chi connectivity index (χ2n) is 4.53. The normalized spacial score (nSPS) is 10.1. The van der Waals surface area contributed by atoms with Crippen molar-refractivity contribution >= 4 is 17.5 Å². The Labute approximate surface area is 116 Å². The van der Waals surface area contributed by atoms with Gasteiger partial charge in [0, 0.05) is 43.5 Å². The number of hydrogen-bond donors (Lipinski definition) is 2. The molecule has 20 heavy (non-hydrogen) atoms. The van der Waals surface area contributed by atoms with E-state index in [1.165, 1.54) is 6.92 Å². The van der Waals surface area contributed by atoms with Gasteiger partial charge >= 0.3 is 0 Å². The first-order valence-corrected chi connectivity index (χ1v) is 6.17. The van der Waals surface area contributed by atoms with Crippen molar-refractivity contribution in [1.82, 2.24) is 15.1 Å². The molecule has 2 amide bonds. The third kappa shape index (κ3) is 3.44. The van der Waals surface area contributed by atoms with Crippen molar-refractivity contribution in [1.29, 1.82) is 0 Å². The maximum atomic E-state index is 12.2. The van der Waals surface area contributed by atoms with Crippen molar-refractivity contribution < 1.29 is 9.59 Å². The van der Waals surface area contributed by atoms with Crippen LogP contribution in [0.25, 0.3) is 0 Å². The van der Waals surface area contributed by atoms with E-state index in [0.29, 0.717) is 17.8 Å². The molecule has 0 saturated carbocycles. The summed E-state index contributed by atoms with van der Waals surface area (Å²) in [6.45, 7) is 1.93. The number of H-pyrrole nitrogens is 1. The maximum absolute atomic E-state index is 12.2. The zero-order valence-electron chi connectivity index (χ0n) is 11.4. The topological polar surface area (TPSA) is 78.1 Å². The average molecular weight is 272 g/mol. The monoisotopic (exact) mass is 272 g/mol. The fourth-order valence-electron chi connectivity index (χ4n) is 1.83. The smallest absolute Gasteiger partial charge is 0.253 e. The molecule has 2 N–H and O–H groups in total. The van der Waals surface area contributed by atoms with Gasteiger partial charge in [0.2, 0.25) is 5.91 Å². The van der Waals surface area contributed by atoms with E-state index in [1.54, 1.807) is 48.6 Å². The van der Waals surface area contributed by atoms with Gasteiger partial charge in [-0.25, -0.2) is 0 Å². The average Bonchev–Trinajstić information content (AvgIpc) is 2.91. The molecular formula is C14H16N4O2. The number of carbonyl (C=O) groups is 2. The largest absolute Gasteiger partial charge is 0.337 e. The molecule has 0 bridgehead atoms. The first-order valence-electron chi connectivity index (χ1n) is 6.17. The number of aromatic amines is 1. The van der Waals surface area contributed by atoms with Gasteiger partial charge in [0.15, 0.2) is 0 Å². The van der Waals surface area contributed by atoms with Crippen molar-refractivity contribution in [2.45, 2.75) is 13.5 Å². The third-order valence-corrected chi connectivity index (χ3v) is 2.77. The zero-order chi connectivity index (χ0) is 14.5. The molecule has 2 aromatic rings. The van der Waals surface area contributed by atoms with Crippen LogP contribution in [0.5, 0.6) is 0 Å². The minimum Gasteiger partial charge on any atom is -0.337 e. The van der Waals surface area contributed by atoms with Crippen LogP contribution in [0.3, 0.4) is 0 Å². The van der Waals surface area contributed by atoms with E-state index in [2.05, 4.69) is 15.5 Å². The summed E-state index contributed by atoms with van der Waals surface area (Å²) in [5.74, 6) is -0.221. The Kier molecular flexibility index (Phi) is 4.14. The summed E-state index contributed by atoms with van der Waals surface area (Å²) < 4.78 is 0. The van der Waals surface area contributed by atoms with Gasteiger partial charge in [-0.1, -0.05) is 0 Å². The SMILES string of the molecule is CC(=O)Nc1ccc(C(=O)N(C)Cc2cn[nH]c2)cc1. The summed E-state index contributed by atoms with van der Waals surface area (Å²) in [4.78, 5) is 24.7. The van der Waals surface area contributed by atoms with E-state index in [1.807, 2.05) is 0 Å². The highest BCUT2D eigenvalue weighted by atomic mass is 16.2. The first-order chi connectivity index (χ1) is 9.56. The number of aromatic nitrogens is 2. The lowest BCUT2D eigenvalue weighted by atomic mass is 10.1. The van der Waals surface area contributed by atoms with Gasteiger partial charge in [0.05, 0.1) is 6.20 Å². The lowest BCUT2D eigenvalue weighted by Crippen LogP contribution is -2.26. The van der Waals surface area contributed by atoms with Crippen molar-refractivity contribution in [3.05, 3.63) is 47.8 Å². The molecule has 6 heteroatoms. The summed E-state index contributed by atoms with van der Waals surface area (Å²) in [5, 5.41) is 9.21. The highest BCUT2D eigenvalue weighted by Gasteiger charge is 2.12. The van der Waals surface area contributed by atoms with E-state index in [4.69, 9.17) is 0 Å². The lowest BCUT2D eigenvalue weighted by Gasteiger charge is -2.16. The second-order valence-corrected chi connectivity index (χ2v) is 4.53. The third-order valence-electron chi connectivity index (χ3n) is 2.77. The number of rotatable bonds is 4. The van der Waals surface area contributed by atoms with Crippen LogP contribution in [0.2, 0.25) is 0 Å². The highest BCUT2D eigenvalue weighted by molar-refractivity contribution is 5.95. The van der Waals surface area contributed by atoms with Gasteiger partial charge in [0.25, 0.3) is 5.91 Å². The second kappa shape index (κ2) is 6.01. The Morgan fingerprint density at radius 2 is 2.00 bits per heavy atom. The van der Waals surface area contributed by atoms with Crippen LogP contribution in [-0.2, 0) is 11.3 Å². The van der Waals surface area contributed by atoms with Crippen LogP contribution in [0.15, 0.2) is 36.7 Å². The molecule has 0 aliphatic heterocycles. The van der Waals surface area contributed by atoms with Gasteiger partial charge in [-0.15, -0.1) is 0 Å². The number of benzene rings is 1. The Morgan fingerprint density at radius 3 is 2.55 bits per heavy atom. The number of nitrogens with zero attached hydrogens (tertiary/aromatic N) is 2. The van der Waals surface area contributed by atoms with Gasteiger partial charge < -0.3 is 10.2 Å². The van der Waals surface area contributed by atoms with E-state index in [-0.39, 0.29) is 11.8 Å². The van der Waals surface area contributed by atoms with Gasteiger partial charge in [-0.3, -0.25) is 14.7 Å². The molecule has 1 heterocycles. The summed E-state index contributed by atoms with van der Waals surface area (Å²) in [7, 11) is 1.73. The predicted molar refractivity (Wildman–Crippen MR) is 75.1 cm³/mol. The highest BCUT2D eigenvalue weighted by Crippen LogP contribution is 2.12. The zero-order valence-corrected chi connectivity index (χ0v) is 11.4. The minimum absolute atomic E-state index is 0.0828. The number of nitrogens with one attached hydrogen (secondary N) is 2. The Hall–Kier alpha value is -2.63. The number of anilines is 1. The van der Waals surface area contributed by atoms with Crippen molar-refractivity contribution in [3.8, 4) is 0 Å². The Morgan fingerprint density at radius 1 is 1.30 bits per heavy atom. The van der Waals surface area contributed by atoms with Crippen LogP contribution in [0.4, 0.5) is 5.69 Å². The van der Waals surface area contributed by atoms with Crippen LogP contribution in [-0.4, -0.2) is 34.0 Å². The molecule has 0 spiro atoms. The van der Waals surface area contributed by atoms with Gasteiger partial charge in [-0.2, -0.15) is 5.10 Å². The summed E-state index contributed by atoms with van der Waals surface area (Å²) >= 11 is 0. The molecule has 0 fully saturated rings. The molecule has 0 aliphatic rings. The number of hydrogen-bond acceptors (Lipinski definition) is 3. The fourth-order valence-corrected chi connectivity index (χ4v) is 1.83. The molecule has 0 atom stereocenters. The number of amides is 2. The van der Waals surface area contributed by atoms with Crippen LogP contribution >= 0.6 is 0 Å². The fraction of sp³-hybridized carbons (Fsp3) is 0.214. The molecule has 6 nitrogen and oxygen atoms in total. The summed E-state index contributed by atoms with van der Waals surface area (Å²) in [6, 6.07) is 6.81. The van der Waals surface area contributed by atoms with E-state index in [0.717, 1.165) is 5.56 Å². The van der Waals surface area contributed by atoms with Crippen LogP contribution in [0.1, 0.15) is 22.8 Å². The lowest BCUT2D eigenvalue weighted by molar-refractivity contribution is -0.114. The first kappa shape index (κ1) is 13.8. The van der Waals surface area contributed by atoms with Crippen molar-refractivity contribution in [2.24, 2.45) is 0 Å². The van der Waals surface area contributed by atoms with Crippen molar-refractivity contribution in [2.75, 3.05) is 12.4 Å². The van der Waals surface area contributed by atoms with Gasteiger partial charge in [0.1, 0.15) is 0 Å². The molecule has 0 aliphatic carbocycles. The molecule has 0 unspecified atom stereocenters. The maximum Gasteiger partial charge on any atom is 0.253 e. The van der Waals surface area contributed by atoms with E-state index >= 15 is 0 Å². The van der Waals surface area contributed by atoms with E-state index in [9.17, 15) is 9.59 Å². The summed E-state index contributed by atoms with van der Waals surface area (Å²) in [6.07, 6.45) is 3.44. The number of carbonyl (C=O) groups excluding carboxylic acids is 2. The quantitative estimate of drug-likeness (QED) is 0.888. The van der Waals surface area contributed by atoms with Crippen LogP contribution < -0.4 is 5.32 Å². The van der Waals surface area contributed by atoms with Crippen LogP contribution in [0, 0.1) is 0 Å². The standard InChI is InChI=1S/C14H16N4O2/c1-10(19)17-13-5-3-12(4-6-13)14(20)18(2)9-11-7-15-16-8-11/h3-8H,9H2,1-2H3,(H,15,16)(H,17,19). The van der Waals surface area contributed by atoms with Gasteiger partial charge in [-0.05, 0) is 24.3 Å². The Bertz CT molecular complexity index is 590. The molecule has 104 valence electrons. The van der Waals surface area contributed by atoms with E-state index < -0.39 is 0 Å². The summed E-state index contributed by atoms with van der Waals surface area (Å²) in [5.41, 5.74) is 2.19. The molecular weight excluding hydrogens is 256 g/mol. The predicted octanol–water partition coefficient (Wildman–Crippen LogP) is 1.64. The molecule has 1 aromatic heterocycles. The molecule has 2 rings (SSSR count). The minimum atomic E-state index is -0.138. The Balaban J connectivity index is 2.03.